The molecule has 0 radical (unpaired) electrons. The van der Waals surface area contributed by atoms with Gasteiger partial charge in [0.05, 0.1) is 11.6 Å². The quantitative estimate of drug-likeness (QED) is 0.601. The van der Waals surface area contributed by atoms with Crippen LogP contribution in [0.5, 0.6) is 0 Å². The highest BCUT2D eigenvalue weighted by atomic mass is 19.3. The fraction of sp³-hybridized carbons (Fsp3) is 0.522. The van der Waals surface area contributed by atoms with Gasteiger partial charge in [-0.3, -0.25) is 0 Å². The Bertz CT molecular complexity index is 1140. The number of nitrogens with zero attached hydrogens (tertiary/aromatic N) is 2. The molecule has 2 bridgehead atoms. The number of rotatable bonds is 3. The van der Waals surface area contributed by atoms with Crippen molar-refractivity contribution in [1.82, 2.24) is 14.8 Å². The summed E-state index contributed by atoms with van der Waals surface area (Å²) >= 11 is 0. The molecule has 158 valence electrons. The van der Waals surface area contributed by atoms with Gasteiger partial charge in [0.1, 0.15) is 11.9 Å². The Morgan fingerprint density at radius 1 is 1.27 bits per heavy atom. The molecule has 1 aliphatic heterocycles. The van der Waals surface area contributed by atoms with Crippen molar-refractivity contribution in [2.24, 2.45) is 5.41 Å². The molecule has 0 spiro atoms. The largest absolute Gasteiger partial charge is 0.388 e. The Morgan fingerprint density at radius 2 is 2.13 bits per heavy atom. The Kier molecular flexibility index (Phi) is 3.71. The van der Waals surface area contributed by atoms with Gasteiger partial charge in [-0.05, 0) is 43.9 Å². The van der Waals surface area contributed by atoms with Gasteiger partial charge in [-0.2, -0.15) is 5.10 Å². The first-order valence-electron chi connectivity index (χ1n) is 10.8. The lowest BCUT2D eigenvalue weighted by molar-refractivity contribution is -0.222. The Hall–Kier alpha value is -2.41. The zero-order valence-electron chi connectivity index (χ0n) is 17.3. The van der Waals surface area contributed by atoms with Crippen LogP contribution < -0.4 is 5.32 Å². The van der Waals surface area contributed by atoms with E-state index in [-0.39, 0.29) is 6.23 Å². The number of halogens is 2. The van der Waals surface area contributed by atoms with Crippen molar-refractivity contribution in [3.05, 3.63) is 35.5 Å². The predicted molar refractivity (Wildman–Crippen MR) is 112 cm³/mol. The molecule has 2 aromatic heterocycles. The van der Waals surface area contributed by atoms with Gasteiger partial charge >= 0.3 is 0 Å². The summed E-state index contributed by atoms with van der Waals surface area (Å²) in [5, 5.41) is 9.09. The van der Waals surface area contributed by atoms with Crippen LogP contribution in [0.3, 0.4) is 0 Å². The molecule has 1 saturated heterocycles. The van der Waals surface area contributed by atoms with Gasteiger partial charge < -0.3 is 15.0 Å². The maximum Gasteiger partial charge on any atom is 0.260 e. The molecular formula is C23H26F2N4O. The van der Waals surface area contributed by atoms with E-state index in [0.717, 1.165) is 52.8 Å². The second-order valence-corrected chi connectivity index (χ2v) is 9.33. The molecule has 4 aliphatic rings. The standard InChI is InChI=1S/C23H26F2N4O/c1-22-11-15(23(22,24)25)20-18(12-22)29(19-5-3-4-8-30-19)28-21(20)17-9-13-6-7-14(26-2)10-16(13)27-17/h6-7,9-10,15,19,26-27H,3-5,8,11-12H2,1-2H3/t15-,19?,22+/m1/s1. The summed E-state index contributed by atoms with van der Waals surface area (Å²) in [7, 11) is 1.88. The van der Waals surface area contributed by atoms with Crippen molar-refractivity contribution in [1.29, 1.82) is 0 Å². The molecule has 3 aliphatic carbocycles. The minimum atomic E-state index is -2.69. The van der Waals surface area contributed by atoms with Crippen LogP contribution in [-0.4, -0.2) is 34.3 Å². The molecule has 7 rings (SSSR count). The molecule has 1 aromatic carbocycles. The number of aromatic nitrogens is 3. The zero-order chi connectivity index (χ0) is 20.7. The summed E-state index contributed by atoms with van der Waals surface area (Å²) in [5.74, 6) is -3.46. The van der Waals surface area contributed by atoms with Crippen LogP contribution in [-0.2, 0) is 11.2 Å². The van der Waals surface area contributed by atoms with Crippen molar-refractivity contribution in [2.45, 2.75) is 57.1 Å². The normalized spacial score (nSPS) is 29.5. The lowest BCUT2D eigenvalue weighted by Gasteiger charge is -2.56. The summed E-state index contributed by atoms with van der Waals surface area (Å²) < 4.78 is 38.1. The van der Waals surface area contributed by atoms with E-state index in [9.17, 15) is 0 Å². The van der Waals surface area contributed by atoms with Gasteiger partial charge in [-0.1, -0.05) is 13.0 Å². The molecule has 3 atom stereocenters. The Labute approximate surface area is 173 Å². The molecule has 2 N–H and O–H groups in total. The lowest BCUT2D eigenvalue weighted by Crippen LogP contribution is -2.59. The van der Waals surface area contributed by atoms with E-state index < -0.39 is 17.3 Å². The highest BCUT2D eigenvalue weighted by molar-refractivity contribution is 5.88. The molecule has 7 heteroatoms. The topological polar surface area (TPSA) is 54.9 Å². The van der Waals surface area contributed by atoms with Gasteiger partial charge in [0, 0.05) is 53.3 Å². The summed E-state index contributed by atoms with van der Waals surface area (Å²) in [6.07, 6.45) is 3.70. The SMILES string of the molecule is CNc1ccc2cc(-c3nn(C4CCCCO4)c4c3[C@H]3C[C@@](C)(C4)C3(F)F)[nH]c2c1. The summed E-state index contributed by atoms with van der Waals surface area (Å²) in [6, 6.07) is 8.09. The van der Waals surface area contributed by atoms with Gasteiger partial charge in [0.25, 0.3) is 5.92 Å². The minimum absolute atomic E-state index is 0.156. The lowest BCUT2D eigenvalue weighted by atomic mass is 9.51. The molecule has 5 nitrogen and oxygen atoms in total. The van der Waals surface area contributed by atoms with E-state index in [2.05, 4.69) is 10.3 Å². The fourth-order valence-electron chi connectivity index (χ4n) is 5.64. The van der Waals surface area contributed by atoms with Crippen LogP contribution in [0.4, 0.5) is 14.5 Å². The molecule has 3 heterocycles. The number of benzene rings is 1. The first-order valence-corrected chi connectivity index (χ1v) is 10.8. The average molecular weight is 412 g/mol. The van der Waals surface area contributed by atoms with Gasteiger partial charge in [-0.15, -0.1) is 0 Å². The minimum Gasteiger partial charge on any atom is -0.388 e. The third-order valence-electron chi connectivity index (χ3n) is 7.45. The summed E-state index contributed by atoms with van der Waals surface area (Å²) in [5.41, 5.74) is 4.12. The predicted octanol–water partition coefficient (Wildman–Crippen LogP) is 5.46. The smallest absolute Gasteiger partial charge is 0.260 e. The van der Waals surface area contributed by atoms with Crippen LogP contribution in [0.25, 0.3) is 22.3 Å². The molecule has 1 unspecified atom stereocenters. The third-order valence-corrected chi connectivity index (χ3v) is 7.45. The second kappa shape index (κ2) is 6.06. The maximum atomic E-state index is 15.1. The number of hydrogen-bond donors (Lipinski definition) is 2. The van der Waals surface area contributed by atoms with Crippen molar-refractivity contribution in [3.8, 4) is 11.4 Å². The number of fused-ring (bicyclic) bond motifs is 1. The van der Waals surface area contributed by atoms with Crippen LogP contribution in [0, 0.1) is 5.41 Å². The summed E-state index contributed by atoms with van der Waals surface area (Å²) in [6.45, 7) is 2.41. The van der Waals surface area contributed by atoms with Crippen LogP contribution in [0.1, 0.15) is 56.0 Å². The van der Waals surface area contributed by atoms with E-state index >= 15 is 8.78 Å². The van der Waals surface area contributed by atoms with Crippen LogP contribution in [0.15, 0.2) is 24.3 Å². The maximum absolute atomic E-state index is 15.1. The van der Waals surface area contributed by atoms with Gasteiger partial charge in [0.2, 0.25) is 0 Å². The first-order chi connectivity index (χ1) is 14.4. The van der Waals surface area contributed by atoms with E-state index in [1.165, 1.54) is 0 Å². The Balaban J connectivity index is 1.53. The average Bonchev–Trinajstić information content (AvgIpc) is 3.34. The van der Waals surface area contributed by atoms with Crippen molar-refractivity contribution in [2.75, 3.05) is 19.0 Å². The number of nitrogens with one attached hydrogen (secondary N) is 2. The fourth-order valence-corrected chi connectivity index (χ4v) is 5.64. The number of H-pyrrole nitrogens is 1. The molecule has 3 aromatic rings. The third kappa shape index (κ3) is 2.32. The van der Waals surface area contributed by atoms with Crippen molar-refractivity contribution < 1.29 is 13.5 Å². The van der Waals surface area contributed by atoms with E-state index in [0.29, 0.717) is 25.1 Å². The molecular weight excluding hydrogens is 386 g/mol. The van der Waals surface area contributed by atoms with E-state index in [1.807, 2.05) is 36.0 Å². The number of ether oxygens (including phenoxy) is 1. The monoisotopic (exact) mass is 412 g/mol. The van der Waals surface area contributed by atoms with E-state index in [1.54, 1.807) is 6.92 Å². The number of anilines is 1. The number of aromatic amines is 1. The Morgan fingerprint density at radius 3 is 2.87 bits per heavy atom. The van der Waals surface area contributed by atoms with Gasteiger partial charge in [-0.25, -0.2) is 13.5 Å². The van der Waals surface area contributed by atoms with Crippen molar-refractivity contribution >= 4 is 16.6 Å². The highest BCUT2D eigenvalue weighted by Gasteiger charge is 2.70. The highest BCUT2D eigenvalue weighted by Crippen LogP contribution is 2.68. The van der Waals surface area contributed by atoms with Crippen LogP contribution >= 0.6 is 0 Å². The molecule has 30 heavy (non-hydrogen) atoms. The number of hydrogen-bond acceptors (Lipinski definition) is 3. The molecule has 2 fully saturated rings. The first kappa shape index (κ1) is 18.4. The second-order valence-electron chi connectivity index (χ2n) is 9.33. The van der Waals surface area contributed by atoms with Crippen LogP contribution in [0.2, 0.25) is 0 Å². The van der Waals surface area contributed by atoms with Crippen molar-refractivity contribution in [3.63, 3.8) is 0 Å². The molecule has 0 amide bonds. The van der Waals surface area contributed by atoms with Gasteiger partial charge in [0.15, 0.2) is 0 Å². The van der Waals surface area contributed by atoms with E-state index in [4.69, 9.17) is 9.84 Å². The number of alkyl halides is 2. The summed E-state index contributed by atoms with van der Waals surface area (Å²) in [4.78, 5) is 3.43. The zero-order valence-corrected chi connectivity index (χ0v) is 17.3. The molecule has 1 saturated carbocycles.